The lowest BCUT2D eigenvalue weighted by Crippen LogP contribution is -2.18. The molecule has 2 heteroatoms. The largest absolute Gasteiger partial charge is 0.387 e. The second-order valence-electron chi connectivity index (χ2n) is 4.03. The van der Waals surface area contributed by atoms with Crippen LogP contribution in [0.5, 0.6) is 0 Å². The van der Waals surface area contributed by atoms with E-state index >= 15 is 0 Å². The number of hydrogen-bond donors (Lipinski definition) is 1. The minimum Gasteiger partial charge on any atom is -0.387 e. The average Bonchev–Trinajstić information content (AvgIpc) is 2.29. The quantitative estimate of drug-likeness (QED) is 0.562. The smallest absolute Gasteiger partial charge is 0.0943 e. The highest BCUT2D eigenvalue weighted by atomic mass is 14.9. The summed E-state index contributed by atoms with van der Waals surface area (Å²) < 4.78 is 0. The predicted molar refractivity (Wildman–Crippen MR) is 46.5 cm³/mol. The molecule has 2 N–H and O–H groups in total. The number of fused-ring (bicyclic) bond motifs is 2. The molecule has 2 aliphatic rings. The molecule has 0 saturated heterocycles. The van der Waals surface area contributed by atoms with E-state index in [9.17, 15) is 0 Å². The maximum Gasteiger partial charge on any atom is 0.0943 e. The Morgan fingerprint density at radius 2 is 2.27 bits per heavy atom. The third kappa shape index (κ3) is 1.26. The van der Waals surface area contributed by atoms with Crippen LogP contribution in [0.4, 0.5) is 0 Å². The van der Waals surface area contributed by atoms with Gasteiger partial charge >= 0.3 is 0 Å². The molecule has 11 heavy (non-hydrogen) atoms. The van der Waals surface area contributed by atoms with Gasteiger partial charge in [0.2, 0.25) is 0 Å². The summed E-state index contributed by atoms with van der Waals surface area (Å²) in [6, 6.07) is 0.574. The summed E-state index contributed by atoms with van der Waals surface area (Å²) in [4.78, 5) is 4.48. The van der Waals surface area contributed by atoms with Crippen molar-refractivity contribution in [1.29, 1.82) is 0 Å². The predicted octanol–water partition coefficient (Wildman–Crippen LogP) is 1.55. The molecule has 0 aromatic heterocycles. The molecule has 2 rings (SSSR count). The van der Waals surface area contributed by atoms with Gasteiger partial charge in [0.25, 0.3) is 0 Å². The molecule has 0 aromatic rings. The lowest BCUT2D eigenvalue weighted by atomic mass is 9.90. The minimum absolute atomic E-state index is 0.574. The van der Waals surface area contributed by atoms with Gasteiger partial charge in [0.15, 0.2) is 0 Å². The number of nitrogens with zero attached hydrogens (tertiary/aromatic N) is 1. The van der Waals surface area contributed by atoms with E-state index in [1.807, 2.05) is 0 Å². The van der Waals surface area contributed by atoms with E-state index in [2.05, 4.69) is 11.9 Å². The van der Waals surface area contributed by atoms with Crippen LogP contribution in [0.2, 0.25) is 0 Å². The van der Waals surface area contributed by atoms with Crippen LogP contribution in [0, 0.1) is 11.8 Å². The third-order valence-electron chi connectivity index (χ3n) is 3.13. The third-order valence-corrected chi connectivity index (χ3v) is 3.13. The highest BCUT2D eigenvalue weighted by Crippen LogP contribution is 2.36. The zero-order valence-electron chi connectivity index (χ0n) is 7.09. The Hall–Kier alpha value is -0.530. The van der Waals surface area contributed by atoms with Crippen molar-refractivity contribution in [3.8, 4) is 0 Å². The Morgan fingerprint density at radius 1 is 1.45 bits per heavy atom. The normalized spacial score (nSPS) is 43.4. The van der Waals surface area contributed by atoms with Gasteiger partial charge in [-0.1, -0.05) is 6.92 Å². The van der Waals surface area contributed by atoms with Crippen LogP contribution in [0.15, 0.2) is 4.99 Å². The lowest BCUT2D eigenvalue weighted by Gasteiger charge is -2.16. The molecule has 1 saturated carbocycles. The summed E-state index contributed by atoms with van der Waals surface area (Å²) >= 11 is 0. The first kappa shape index (κ1) is 7.14. The van der Waals surface area contributed by atoms with E-state index in [4.69, 9.17) is 5.73 Å². The van der Waals surface area contributed by atoms with Crippen molar-refractivity contribution < 1.29 is 0 Å². The Kier molecular flexibility index (Phi) is 1.63. The molecule has 0 spiro atoms. The summed E-state index contributed by atoms with van der Waals surface area (Å²) in [5.41, 5.74) is 5.76. The Morgan fingerprint density at radius 3 is 3.09 bits per heavy atom. The first-order valence-electron chi connectivity index (χ1n) is 4.58. The minimum atomic E-state index is 0.574. The first-order valence-corrected chi connectivity index (χ1v) is 4.58. The van der Waals surface area contributed by atoms with E-state index in [1.54, 1.807) is 0 Å². The van der Waals surface area contributed by atoms with Crippen molar-refractivity contribution in [2.45, 2.75) is 38.6 Å². The van der Waals surface area contributed by atoms with Crippen molar-refractivity contribution in [3.63, 3.8) is 0 Å². The van der Waals surface area contributed by atoms with E-state index in [0.717, 1.165) is 24.1 Å². The van der Waals surface area contributed by atoms with Crippen molar-refractivity contribution in [3.05, 3.63) is 0 Å². The molecule has 0 radical (unpaired) electrons. The number of nitrogens with two attached hydrogens (primary N) is 1. The fraction of sp³-hybridized carbons (Fsp3) is 0.889. The summed E-state index contributed by atoms with van der Waals surface area (Å²) in [5, 5.41) is 0. The molecular formula is C9H16N2. The van der Waals surface area contributed by atoms with Crippen molar-refractivity contribution in [1.82, 2.24) is 0 Å². The molecule has 1 aliphatic heterocycles. The first-order chi connectivity index (χ1) is 5.25. The Bertz CT molecular complexity index is 186. The zero-order valence-corrected chi connectivity index (χ0v) is 7.09. The second-order valence-corrected chi connectivity index (χ2v) is 4.03. The molecule has 3 atom stereocenters. The van der Waals surface area contributed by atoms with Gasteiger partial charge in [0.05, 0.1) is 11.9 Å². The van der Waals surface area contributed by atoms with Crippen LogP contribution in [-0.2, 0) is 0 Å². The maximum atomic E-state index is 5.76. The number of aliphatic imine (C=N–C) groups is 1. The molecule has 3 unspecified atom stereocenters. The highest BCUT2D eigenvalue weighted by molar-refractivity contribution is 5.81. The summed E-state index contributed by atoms with van der Waals surface area (Å²) in [7, 11) is 0. The highest BCUT2D eigenvalue weighted by Gasteiger charge is 2.31. The molecular weight excluding hydrogens is 136 g/mol. The van der Waals surface area contributed by atoms with Gasteiger partial charge in [-0.3, -0.25) is 4.99 Å². The van der Waals surface area contributed by atoms with Crippen LogP contribution in [0.3, 0.4) is 0 Å². The Balaban J connectivity index is 2.18. The summed E-state index contributed by atoms with van der Waals surface area (Å²) in [6.45, 7) is 2.31. The fourth-order valence-corrected chi connectivity index (χ4v) is 2.41. The van der Waals surface area contributed by atoms with Gasteiger partial charge in [-0.05, 0) is 31.1 Å². The number of amidine groups is 1. The lowest BCUT2D eigenvalue weighted by molar-refractivity contribution is 0.379. The van der Waals surface area contributed by atoms with E-state index in [0.29, 0.717) is 6.04 Å². The topological polar surface area (TPSA) is 38.4 Å². The maximum absolute atomic E-state index is 5.76. The van der Waals surface area contributed by atoms with Crippen molar-refractivity contribution >= 4 is 5.84 Å². The van der Waals surface area contributed by atoms with Gasteiger partial charge in [-0.25, -0.2) is 0 Å². The summed E-state index contributed by atoms with van der Waals surface area (Å²) in [5.74, 6) is 2.57. The summed E-state index contributed by atoms with van der Waals surface area (Å²) in [6.07, 6.45) is 4.97. The van der Waals surface area contributed by atoms with E-state index < -0.39 is 0 Å². The molecule has 0 aromatic carbocycles. The molecule has 62 valence electrons. The number of hydrogen-bond acceptors (Lipinski definition) is 2. The fourth-order valence-electron chi connectivity index (χ4n) is 2.41. The molecule has 1 aliphatic carbocycles. The van der Waals surface area contributed by atoms with Gasteiger partial charge in [0.1, 0.15) is 0 Å². The van der Waals surface area contributed by atoms with Crippen molar-refractivity contribution in [2.24, 2.45) is 22.6 Å². The van der Waals surface area contributed by atoms with Crippen molar-refractivity contribution in [2.75, 3.05) is 0 Å². The monoisotopic (exact) mass is 152 g/mol. The van der Waals surface area contributed by atoms with Crippen LogP contribution >= 0.6 is 0 Å². The van der Waals surface area contributed by atoms with E-state index in [-0.39, 0.29) is 0 Å². The molecule has 0 amide bonds. The van der Waals surface area contributed by atoms with Crippen LogP contribution in [0.25, 0.3) is 0 Å². The standard InChI is InChI=1S/C9H16N2/c1-6-4-9(10)11-8-3-2-7(6)5-8/h6-8H,2-5H2,1H3,(H2,10,11). The Labute approximate surface area is 67.9 Å². The van der Waals surface area contributed by atoms with Gasteiger partial charge < -0.3 is 5.73 Å². The van der Waals surface area contributed by atoms with Crippen LogP contribution in [0.1, 0.15) is 32.6 Å². The van der Waals surface area contributed by atoms with Gasteiger partial charge in [-0.15, -0.1) is 0 Å². The molecule has 2 bridgehead atoms. The van der Waals surface area contributed by atoms with Crippen LogP contribution < -0.4 is 5.73 Å². The van der Waals surface area contributed by atoms with Gasteiger partial charge in [-0.2, -0.15) is 0 Å². The molecule has 1 heterocycles. The van der Waals surface area contributed by atoms with Gasteiger partial charge in [0, 0.05) is 6.42 Å². The zero-order chi connectivity index (χ0) is 7.84. The van der Waals surface area contributed by atoms with E-state index in [1.165, 1.54) is 19.3 Å². The average molecular weight is 152 g/mol. The number of rotatable bonds is 0. The molecule has 1 fully saturated rings. The molecule has 2 nitrogen and oxygen atoms in total. The SMILES string of the molecule is CC1CC(N)=NC2CCC1C2. The van der Waals surface area contributed by atoms with Crippen LogP contribution in [-0.4, -0.2) is 11.9 Å². The second kappa shape index (κ2) is 2.50.